The van der Waals surface area contributed by atoms with Crippen molar-refractivity contribution in [2.45, 2.75) is 85.3 Å². The number of unbranched alkanes of at least 4 members (excludes halogenated alkanes) is 1. The number of primary amides is 1. The molecule has 1 rings (SSSR count). The van der Waals surface area contributed by atoms with E-state index >= 15 is 0 Å². The number of Topliss-reactive ketones (excluding diaryl/α,β-unsaturated/α-hetero) is 2. The molecule has 1 aromatic rings. The van der Waals surface area contributed by atoms with Gasteiger partial charge in [-0.05, 0) is 76.3 Å². The Balaban J connectivity index is 2.96. The number of carbonyl (C=O) groups is 5. The number of benzene rings is 1. The zero-order valence-corrected chi connectivity index (χ0v) is 31.0. The standard InChI is InChI=1S/C37H61N7O6/c1-25(2)34(42-36(48)30(22-27(5)45)12-9-10-18-38)33(46)23-31(13-11-19-40-37(39)49)35(47)41-32-16-14-29(15-17-32)24-50-28(6)44(8)21-20-43(7)26(3)4/h14-17,25,30-31,34H,3,6,9-13,18-24,38H2,1-2,4-5,7-8H3,(H,41,47)(H,42,48)(H3,39,40,49)/t30-,31-,34+/m1/s1. The lowest BCUT2D eigenvalue weighted by Gasteiger charge is -2.26. The highest BCUT2D eigenvalue weighted by Crippen LogP contribution is 2.21. The molecule has 4 amide bonds. The summed E-state index contributed by atoms with van der Waals surface area (Å²) in [5.74, 6) is -2.13. The average molecular weight is 700 g/mol. The first-order chi connectivity index (χ1) is 23.5. The summed E-state index contributed by atoms with van der Waals surface area (Å²) in [7, 11) is 3.89. The van der Waals surface area contributed by atoms with Crippen LogP contribution in [0.3, 0.4) is 0 Å². The molecule has 0 saturated carbocycles. The highest BCUT2D eigenvalue weighted by atomic mass is 16.5. The first-order valence-corrected chi connectivity index (χ1v) is 17.4. The van der Waals surface area contributed by atoms with Crippen molar-refractivity contribution in [1.29, 1.82) is 0 Å². The van der Waals surface area contributed by atoms with Crippen LogP contribution in [0.15, 0.2) is 49.0 Å². The van der Waals surface area contributed by atoms with E-state index in [2.05, 4.69) is 34.0 Å². The van der Waals surface area contributed by atoms with E-state index in [-0.39, 0.29) is 48.7 Å². The van der Waals surface area contributed by atoms with Crippen LogP contribution in [0.25, 0.3) is 0 Å². The molecule has 1 aromatic carbocycles. The highest BCUT2D eigenvalue weighted by molar-refractivity contribution is 5.97. The Morgan fingerprint density at radius 1 is 0.860 bits per heavy atom. The molecule has 280 valence electrons. The molecule has 0 aromatic heterocycles. The van der Waals surface area contributed by atoms with Gasteiger partial charge in [0.2, 0.25) is 11.8 Å². The van der Waals surface area contributed by atoms with Gasteiger partial charge >= 0.3 is 6.03 Å². The molecular formula is C37H61N7O6. The minimum absolute atomic E-state index is 0.0810. The Hall–Kier alpha value is -4.39. The Morgan fingerprint density at radius 3 is 2.02 bits per heavy atom. The molecule has 0 fully saturated rings. The number of ether oxygens (including phenoxy) is 1. The van der Waals surface area contributed by atoms with Gasteiger partial charge in [0, 0.05) is 69.8 Å². The number of rotatable bonds is 26. The number of nitrogens with zero attached hydrogens (tertiary/aromatic N) is 2. The van der Waals surface area contributed by atoms with Crippen LogP contribution < -0.4 is 27.4 Å². The molecule has 0 aliphatic carbocycles. The van der Waals surface area contributed by atoms with Crippen LogP contribution >= 0.6 is 0 Å². The first kappa shape index (κ1) is 43.6. The van der Waals surface area contributed by atoms with Crippen LogP contribution in [0, 0.1) is 17.8 Å². The van der Waals surface area contributed by atoms with Crippen molar-refractivity contribution in [3.63, 3.8) is 0 Å². The van der Waals surface area contributed by atoms with Gasteiger partial charge in [-0.3, -0.25) is 14.4 Å². The molecule has 0 spiro atoms. The van der Waals surface area contributed by atoms with Crippen LogP contribution in [0.2, 0.25) is 0 Å². The van der Waals surface area contributed by atoms with E-state index in [1.54, 1.807) is 12.1 Å². The maximum atomic E-state index is 13.7. The number of anilines is 1. The third-order valence-electron chi connectivity index (χ3n) is 8.54. The molecule has 0 aliphatic heterocycles. The van der Waals surface area contributed by atoms with Gasteiger partial charge in [0.15, 0.2) is 11.7 Å². The summed E-state index contributed by atoms with van der Waals surface area (Å²) in [4.78, 5) is 67.5. The average Bonchev–Trinajstić information content (AvgIpc) is 3.05. The number of ketones is 2. The summed E-state index contributed by atoms with van der Waals surface area (Å²) >= 11 is 0. The number of nitrogens with two attached hydrogens (primary N) is 2. The van der Waals surface area contributed by atoms with Crippen LogP contribution in [-0.2, 0) is 30.5 Å². The predicted octanol–water partition coefficient (Wildman–Crippen LogP) is 3.90. The number of carbonyl (C=O) groups excluding carboxylic acids is 5. The van der Waals surface area contributed by atoms with Crippen LogP contribution in [-0.4, -0.2) is 85.5 Å². The van der Waals surface area contributed by atoms with Crippen LogP contribution in [0.1, 0.15) is 78.2 Å². The van der Waals surface area contributed by atoms with E-state index in [4.69, 9.17) is 16.2 Å². The van der Waals surface area contributed by atoms with Crippen LogP contribution in [0.5, 0.6) is 0 Å². The van der Waals surface area contributed by atoms with Crippen LogP contribution in [0.4, 0.5) is 10.5 Å². The van der Waals surface area contributed by atoms with Gasteiger partial charge in [-0.1, -0.05) is 39.0 Å². The molecule has 3 atom stereocenters. The summed E-state index contributed by atoms with van der Waals surface area (Å²) < 4.78 is 5.86. The maximum absolute atomic E-state index is 13.7. The summed E-state index contributed by atoms with van der Waals surface area (Å²) in [6, 6.07) is 5.68. The molecule has 0 radical (unpaired) electrons. The molecule has 13 nitrogen and oxygen atoms in total. The topological polar surface area (TPSA) is 189 Å². The number of hydrogen-bond donors (Lipinski definition) is 5. The summed E-state index contributed by atoms with van der Waals surface area (Å²) in [6.45, 7) is 17.5. The molecule has 0 aliphatic rings. The van der Waals surface area contributed by atoms with Crippen molar-refractivity contribution in [2.75, 3.05) is 45.6 Å². The lowest BCUT2D eigenvalue weighted by Crippen LogP contribution is -2.48. The second-order valence-corrected chi connectivity index (χ2v) is 13.4. The molecule has 13 heteroatoms. The monoisotopic (exact) mass is 699 g/mol. The quantitative estimate of drug-likeness (QED) is 0.0706. The Morgan fingerprint density at radius 2 is 1.46 bits per heavy atom. The lowest BCUT2D eigenvalue weighted by molar-refractivity contribution is -0.134. The van der Waals surface area contributed by atoms with E-state index < -0.39 is 23.9 Å². The first-order valence-electron chi connectivity index (χ1n) is 17.4. The third kappa shape index (κ3) is 17.3. The minimum atomic E-state index is -0.842. The number of hydrogen-bond acceptors (Lipinski definition) is 9. The van der Waals surface area contributed by atoms with Crippen molar-refractivity contribution >= 4 is 35.1 Å². The maximum Gasteiger partial charge on any atom is 0.312 e. The van der Waals surface area contributed by atoms with Gasteiger partial charge < -0.3 is 46.7 Å². The molecule has 0 saturated heterocycles. The molecule has 50 heavy (non-hydrogen) atoms. The summed E-state index contributed by atoms with van der Waals surface area (Å²) in [5, 5.41) is 8.29. The number of allylic oxidation sites excluding steroid dienone is 1. The largest absolute Gasteiger partial charge is 0.475 e. The van der Waals surface area contributed by atoms with Gasteiger partial charge in [-0.2, -0.15) is 0 Å². The second kappa shape index (κ2) is 23.1. The lowest BCUT2D eigenvalue weighted by atomic mass is 9.88. The van der Waals surface area contributed by atoms with Gasteiger partial charge in [0.1, 0.15) is 12.4 Å². The van der Waals surface area contributed by atoms with E-state index in [0.29, 0.717) is 50.4 Å². The van der Waals surface area contributed by atoms with Crippen molar-refractivity contribution in [1.82, 2.24) is 20.4 Å². The molecule has 7 N–H and O–H groups in total. The van der Waals surface area contributed by atoms with Crippen molar-refractivity contribution in [2.24, 2.45) is 29.2 Å². The fourth-order valence-corrected chi connectivity index (χ4v) is 5.17. The summed E-state index contributed by atoms with van der Waals surface area (Å²) in [6.07, 6.45) is 2.58. The number of amides is 4. The number of nitrogens with one attached hydrogen (secondary N) is 3. The van der Waals surface area contributed by atoms with Crippen molar-refractivity contribution in [3.8, 4) is 0 Å². The Kier molecular flexibility index (Phi) is 20.2. The van der Waals surface area contributed by atoms with Gasteiger partial charge in [0.25, 0.3) is 0 Å². The van der Waals surface area contributed by atoms with Crippen molar-refractivity contribution in [3.05, 3.63) is 54.6 Å². The minimum Gasteiger partial charge on any atom is -0.475 e. The zero-order chi connectivity index (χ0) is 37.8. The number of likely N-dealkylation sites (N-methyl/N-ethyl adjacent to an activating group) is 2. The fourth-order valence-electron chi connectivity index (χ4n) is 5.17. The molecule has 0 heterocycles. The Bertz CT molecular complexity index is 1280. The molecule has 0 unspecified atom stereocenters. The van der Waals surface area contributed by atoms with Gasteiger partial charge in [0.05, 0.1) is 6.04 Å². The fraction of sp³-hybridized carbons (Fsp3) is 0.595. The zero-order valence-electron chi connectivity index (χ0n) is 31.0. The molecule has 0 bridgehead atoms. The number of urea groups is 1. The second-order valence-electron chi connectivity index (χ2n) is 13.4. The Labute approximate surface area is 298 Å². The molecular weight excluding hydrogens is 638 g/mol. The van der Waals surface area contributed by atoms with E-state index in [0.717, 1.165) is 30.8 Å². The predicted molar refractivity (Wildman–Crippen MR) is 197 cm³/mol. The highest BCUT2D eigenvalue weighted by Gasteiger charge is 2.31. The van der Waals surface area contributed by atoms with Crippen molar-refractivity contribution < 1.29 is 28.7 Å². The third-order valence-corrected chi connectivity index (χ3v) is 8.54. The normalized spacial score (nSPS) is 12.6. The van der Waals surface area contributed by atoms with E-state index in [1.165, 1.54) is 6.92 Å². The van der Waals surface area contributed by atoms with E-state index in [9.17, 15) is 24.0 Å². The van der Waals surface area contributed by atoms with Gasteiger partial charge in [-0.15, -0.1) is 0 Å². The smallest absolute Gasteiger partial charge is 0.312 e. The summed E-state index contributed by atoms with van der Waals surface area (Å²) in [5.41, 5.74) is 13.2. The van der Waals surface area contributed by atoms with Gasteiger partial charge in [-0.25, -0.2) is 4.79 Å². The van der Waals surface area contributed by atoms with E-state index in [1.807, 2.05) is 51.9 Å². The SMILES string of the molecule is C=C(C)N(C)CCN(C)C(=C)OCc1ccc(NC(=O)[C@H](CCCNC(N)=O)CC(=O)[C@@H](NC(=O)[C@H](CCCCN)CC(C)=O)C(C)C)cc1.